The molecule has 0 spiro atoms. The fourth-order valence-corrected chi connectivity index (χ4v) is 3.67. The minimum atomic E-state index is -1.83. The lowest BCUT2D eigenvalue weighted by Gasteiger charge is -2.39. The molecule has 1 aliphatic rings. The topological polar surface area (TPSA) is 200 Å². The molecular formula is C22H22O12. The molecule has 0 saturated carbocycles. The van der Waals surface area contributed by atoms with Crippen LogP contribution in [0.1, 0.15) is 0 Å². The van der Waals surface area contributed by atoms with Crippen LogP contribution in [0.4, 0.5) is 0 Å². The molecule has 1 fully saturated rings. The van der Waals surface area contributed by atoms with E-state index in [0.717, 1.165) is 12.1 Å². The van der Waals surface area contributed by atoms with Crippen LogP contribution in [0, 0.1) is 0 Å². The van der Waals surface area contributed by atoms with Crippen molar-refractivity contribution in [2.24, 2.45) is 0 Å². The molecule has 2 aromatic carbocycles. The predicted molar refractivity (Wildman–Crippen MR) is 114 cm³/mol. The molecule has 0 unspecified atom stereocenters. The fourth-order valence-electron chi connectivity index (χ4n) is 3.67. The van der Waals surface area contributed by atoms with E-state index in [0.29, 0.717) is 0 Å². The molecule has 5 atom stereocenters. The number of rotatable bonds is 5. The largest absolute Gasteiger partial charge is 0.508 e. The van der Waals surface area contributed by atoms with Gasteiger partial charge in [0.25, 0.3) is 0 Å². The Hall–Kier alpha value is -3.55. The number of phenols is 3. The van der Waals surface area contributed by atoms with Crippen LogP contribution in [0.2, 0.25) is 0 Å². The van der Waals surface area contributed by atoms with Gasteiger partial charge in [-0.15, -0.1) is 0 Å². The summed E-state index contributed by atoms with van der Waals surface area (Å²) in [6.07, 6.45) is -8.29. The summed E-state index contributed by atoms with van der Waals surface area (Å²) < 4.78 is 21.8. The Bertz CT molecular complexity index is 1270. The smallest absolute Gasteiger partial charge is 0.239 e. The number of aliphatic hydroxyl groups excluding tert-OH is 4. The maximum Gasteiger partial charge on any atom is 0.239 e. The lowest BCUT2D eigenvalue weighted by Crippen LogP contribution is -2.60. The molecule has 1 aromatic heterocycles. The first-order valence-electron chi connectivity index (χ1n) is 10.0. The van der Waals surface area contributed by atoms with E-state index in [1.807, 2.05) is 0 Å². The molecule has 0 aliphatic carbocycles. The van der Waals surface area contributed by atoms with Crippen LogP contribution in [0.3, 0.4) is 0 Å². The third kappa shape index (κ3) is 3.97. The zero-order valence-electron chi connectivity index (χ0n) is 17.7. The van der Waals surface area contributed by atoms with Gasteiger partial charge in [0.15, 0.2) is 17.3 Å². The Morgan fingerprint density at radius 3 is 2.38 bits per heavy atom. The number of aliphatic hydroxyl groups is 4. The number of ether oxygens (including phenoxy) is 3. The van der Waals surface area contributed by atoms with Gasteiger partial charge in [-0.3, -0.25) is 4.79 Å². The van der Waals surface area contributed by atoms with Crippen molar-refractivity contribution in [3.63, 3.8) is 0 Å². The van der Waals surface area contributed by atoms with Crippen LogP contribution in [-0.2, 0) is 4.74 Å². The number of aromatic hydroxyl groups is 3. The van der Waals surface area contributed by atoms with Crippen molar-refractivity contribution >= 4 is 11.0 Å². The van der Waals surface area contributed by atoms with Gasteiger partial charge >= 0.3 is 0 Å². The van der Waals surface area contributed by atoms with Crippen molar-refractivity contribution in [2.45, 2.75) is 30.7 Å². The first-order valence-corrected chi connectivity index (χ1v) is 10.0. The molecule has 4 rings (SSSR count). The minimum absolute atomic E-state index is 0.0257. The van der Waals surface area contributed by atoms with Crippen molar-refractivity contribution in [1.82, 2.24) is 0 Å². The van der Waals surface area contributed by atoms with Crippen LogP contribution < -0.4 is 14.9 Å². The third-order valence-electron chi connectivity index (χ3n) is 5.44. The molecule has 12 heteroatoms. The van der Waals surface area contributed by atoms with E-state index in [9.17, 15) is 40.5 Å². The van der Waals surface area contributed by atoms with E-state index in [1.165, 1.54) is 25.3 Å². The van der Waals surface area contributed by atoms with E-state index in [-0.39, 0.29) is 39.5 Å². The average molecular weight is 478 g/mol. The van der Waals surface area contributed by atoms with Crippen LogP contribution in [0.25, 0.3) is 22.3 Å². The molecule has 2 heterocycles. The quantitative estimate of drug-likeness (QED) is 0.254. The van der Waals surface area contributed by atoms with Crippen LogP contribution in [-0.4, -0.2) is 80.2 Å². The molecule has 3 aromatic rings. The maximum absolute atomic E-state index is 13.3. The summed E-state index contributed by atoms with van der Waals surface area (Å²) >= 11 is 0. The summed E-state index contributed by atoms with van der Waals surface area (Å²) in [5, 5.41) is 69.4. The number of phenolic OH excluding ortho intramolecular Hbond substituents is 3. The summed E-state index contributed by atoms with van der Waals surface area (Å²) in [4.78, 5) is 13.3. The fraction of sp³-hybridized carbons (Fsp3) is 0.318. The zero-order valence-corrected chi connectivity index (χ0v) is 17.7. The molecule has 0 bridgehead atoms. The van der Waals surface area contributed by atoms with E-state index in [4.69, 9.17) is 18.6 Å². The summed E-state index contributed by atoms with van der Waals surface area (Å²) in [7, 11) is 1.30. The van der Waals surface area contributed by atoms with E-state index in [2.05, 4.69) is 0 Å². The monoisotopic (exact) mass is 478 g/mol. The van der Waals surface area contributed by atoms with Gasteiger partial charge in [-0.25, -0.2) is 0 Å². The van der Waals surface area contributed by atoms with Gasteiger partial charge in [0.2, 0.25) is 17.5 Å². The van der Waals surface area contributed by atoms with Gasteiger partial charge < -0.3 is 54.4 Å². The van der Waals surface area contributed by atoms with Crippen molar-refractivity contribution in [1.29, 1.82) is 0 Å². The Kier molecular flexibility index (Phi) is 6.25. The molecule has 34 heavy (non-hydrogen) atoms. The number of methoxy groups -OCH3 is 1. The third-order valence-corrected chi connectivity index (χ3v) is 5.44. The molecule has 1 aliphatic heterocycles. The van der Waals surface area contributed by atoms with Crippen LogP contribution in [0.15, 0.2) is 39.5 Å². The molecule has 12 nitrogen and oxygen atoms in total. The van der Waals surface area contributed by atoms with Crippen LogP contribution >= 0.6 is 0 Å². The van der Waals surface area contributed by atoms with Crippen molar-refractivity contribution in [3.05, 3.63) is 40.6 Å². The summed E-state index contributed by atoms with van der Waals surface area (Å²) in [5.74, 6) is -2.00. The second-order valence-corrected chi connectivity index (χ2v) is 7.63. The SMILES string of the molecule is COc1cc(-c2oc3cc(O)cc(O)c3c(=O)c2O[C@@H]2O[C@H](CO)[C@@H](O)[C@@H](O)[C@@H]2O)ccc1O. The summed E-state index contributed by atoms with van der Waals surface area (Å²) in [6, 6.07) is 5.96. The molecule has 182 valence electrons. The Morgan fingerprint density at radius 1 is 0.971 bits per heavy atom. The Balaban J connectivity index is 1.92. The van der Waals surface area contributed by atoms with Crippen molar-refractivity contribution in [2.75, 3.05) is 13.7 Å². The average Bonchev–Trinajstić information content (AvgIpc) is 2.80. The van der Waals surface area contributed by atoms with Gasteiger partial charge in [-0.05, 0) is 18.2 Å². The van der Waals surface area contributed by atoms with E-state index in [1.54, 1.807) is 0 Å². The number of hydrogen-bond donors (Lipinski definition) is 7. The number of fused-ring (bicyclic) bond motifs is 1. The van der Waals surface area contributed by atoms with E-state index < -0.39 is 54.2 Å². The lowest BCUT2D eigenvalue weighted by atomic mass is 9.99. The van der Waals surface area contributed by atoms with Gasteiger partial charge in [-0.2, -0.15) is 0 Å². The molecular weight excluding hydrogens is 456 g/mol. The molecule has 0 radical (unpaired) electrons. The standard InChI is InChI=1S/C22H22O12/c1-31-12-4-8(2-3-10(12)25)20-21(17(28)15-11(26)5-9(24)6-13(15)32-20)34-22-19(30)18(29)16(27)14(7-23)33-22/h2-6,14,16,18-19,22-27,29-30H,7H2,1H3/t14-,16-,18-,19+,22+/m1/s1. The van der Waals surface area contributed by atoms with Crippen molar-refractivity contribution in [3.8, 4) is 40.1 Å². The summed E-state index contributed by atoms with van der Waals surface area (Å²) in [6.45, 7) is -0.723. The summed E-state index contributed by atoms with van der Waals surface area (Å²) in [5.41, 5.74) is -0.959. The first kappa shape index (κ1) is 23.6. The highest BCUT2D eigenvalue weighted by Crippen LogP contribution is 2.39. The lowest BCUT2D eigenvalue weighted by molar-refractivity contribution is -0.277. The van der Waals surface area contributed by atoms with Gasteiger partial charge in [-0.1, -0.05) is 0 Å². The highest BCUT2D eigenvalue weighted by molar-refractivity contribution is 5.88. The Labute approximate surface area is 191 Å². The van der Waals surface area contributed by atoms with Crippen LogP contribution in [0.5, 0.6) is 28.7 Å². The second-order valence-electron chi connectivity index (χ2n) is 7.63. The van der Waals surface area contributed by atoms with Gasteiger partial charge in [0.1, 0.15) is 46.9 Å². The van der Waals surface area contributed by atoms with Gasteiger partial charge in [0, 0.05) is 17.7 Å². The van der Waals surface area contributed by atoms with E-state index >= 15 is 0 Å². The number of benzene rings is 2. The molecule has 1 saturated heterocycles. The zero-order chi connectivity index (χ0) is 24.7. The molecule has 0 amide bonds. The predicted octanol–water partition coefficient (Wildman–Crippen LogP) is -0.236. The first-order chi connectivity index (χ1) is 16.2. The number of hydrogen-bond acceptors (Lipinski definition) is 12. The highest BCUT2D eigenvalue weighted by atomic mass is 16.7. The highest BCUT2D eigenvalue weighted by Gasteiger charge is 2.45. The minimum Gasteiger partial charge on any atom is -0.508 e. The van der Waals surface area contributed by atoms with Gasteiger partial charge in [0.05, 0.1) is 13.7 Å². The molecule has 7 N–H and O–H groups in total. The maximum atomic E-state index is 13.3. The Morgan fingerprint density at radius 2 is 1.71 bits per heavy atom. The van der Waals surface area contributed by atoms with Crippen molar-refractivity contribution < 1.29 is 54.4 Å². The second kappa shape index (κ2) is 9.00. The normalized spacial score (nSPS) is 24.8.